The Hall–Kier alpha value is -0.430. The summed E-state index contributed by atoms with van der Waals surface area (Å²) < 4.78 is 3.08. The van der Waals surface area contributed by atoms with E-state index in [-0.39, 0.29) is 6.04 Å². The molecule has 0 aliphatic heterocycles. The highest BCUT2D eigenvalue weighted by molar-refractivity contribution is 9.10. The van der Waals surface area contributed by atoms with Crippen LogP contribution in [0, 0.1) is 5.92 Å². The first-order valence-corrected chi connectivity index (χ1v) is 7.66. The molecule has 1 heterocycles. The maximum atomic E-state index is 5.79. The molecule has 0 aliphatic carbocycles. The lowest BCUT2D eigenvalue weighted by atomic mass is 9.92. The fourth-order valence-corrected chi connectivity index (χ4v) is 2.90. The van der Waals surface area contributed by atoms with Gasteiger partial charge in [0.2, 0.25) is 0 Å². The smallest absolute Gasteiger partial charge is 0.0712 e. The lowest BCUT2D eigenvalue weighted by Gasteiger charge is -2.26. The molecule has 0 amide bonds. The van der Waals surface area contributed by atoms with Crippen LogP contribution >= 0.6 is 15.9 Å². The molecule has 1 aromatic rings. The van der Waals surface area contributed by atoms with Crippen LogP contribution in [0.15, 0.2) is 10.7 Å². The minimum absolute atomic E-state index is 0.133. The average Bonchev–Trinajstić information content (AvgIpc) is 2.74. The molecule has 0 fully saturated rings. The van der Waals surface area contributed by atoms with Gasteiger partial charge in [-0.05, 0) is 35.9 Å². The normalized spacial score (nSPS) is 13.5. The molecule has 0 aromatic carbocycles. The molecule has 6 heteroatoms. The van der Waals surface area contributed by atoms with Gasteiger partial charge in [-0.2, -0.15) is 5.10 Å². The van der Waals surface area contributed by atoms with Gasteiger partial charge in [-0.25, -0.2) is 0 Å². The summed E-state index contributed by atoms with van der Waals surface area (Å²) in [6, 6.07) is 0.133. The highest BCUT2D eigenvalue weighted by Gasteiger charge is 2.25. The molecule has 3 N–H and O–H groups in total. The van der Waals surface area contributed by atoms with Crippen LogP contribution in [0.5, 0.6) is 0 Å². The fraction of sp³-hybridized carbons (Fsp3) is 0.769. The van der Waals surface area contributed by atoms with Crippen molar-refractivity contribution < 1.29 is 0 Å². The summed E-state index contributed by atoms with van der Waals surface area (Å²) in [5.74, 6) is 6.30. The zero-order valence-electron chi connectivity index (χ0n) is 12.4. The maximum absolute atomic E-state index is 5.79. The monoisotopic (exact) mass is 331 g/mol. The maximum Gasteiger partial charge on any atom is 0.0712 e. The SMILES string of the molecule is CCC(CC)C(NN)c1c(Br)cnn1CCN(C)C. The van der Waals surface area contributed by atoms with Gasteiger partial charge in [-0.1, -0.05) is 26.7 Å². The highest BCUT2D eigenvalue weighted by atomic mass is 79.9. The molecule has 110 valence electrons. The average molecular weight is 332 g/mol. The van der Waals surface area contributed by atoms with Gasteiger partial charge in [0.25, 0.3) is 0 Å². The van der Waals surface area contributed by atoms with Crippen molar-refractivity contribution in [1.29, 1.82) is 0 Å². The van der Waals surface area contributed by atoms with Crippen molar-refractivity contribution in [2.75, 3.05) is 20.6 Å². The number of rotatable bonds is 8. The molecule has 1 rings (SSSR count). The minimum atomic E-state index is 0.133. The number of likely N-dealkylation sites (N-methyl/N-ethyl adjacent to an activating group) is 1. The van der Waals surface area contributed by atoms with Gasteiger partial charge < -0.3 is 4.90 Å². The first-order valence-electron chi connectivity index (χ1n) is 6.87. The Labute approximate surface area is 124 Å². The number of hydrogen-bond donors (Lipinski definition) is 2. The summed E-state index contributed by atoms with van der Waals surface area (Å²) in [5.41, 5.74) is 4.12. The van der Waals surface area contributed by atoms with E-state index < -0.39 is 0 Å². The van der Waals surface area contributed by atoms with Crippen LogP contribution in [0.1, 0.15) is 38.4 Å². The Morgan fingerprint density at radius 3 is 2.53 bits per heavy atom. The van der Waals surface area contributed by atoms with E-state index in [0.29, 0.717) is 5.92 Å². The first kappa shape index (κ1) is 16.6. The zero-order valence-corrected chi connectivity index (χ0v) is 13.9. The molecule has 1 atom stereocenters. The molecule has 5 nitrogen and oxygen atoms in total. The van der Waals surface area contributed by atoms with Crippen molar-refractivity contribution >= 4 is 15.9 Å². The van der Waals surface area contributed by atoms with Crippen LogP contribution in [0.3, 0.4) is 0 Å². The molecule has 0 saturated carbocycles. The van der Waals surface area contributed by atoms with Crippen LogP contribution in [0.25, 0.3) is 0 Å². The van der Waals surface area contributed by atoms with Crippen molar-refractivity contribution in [3.8, 4) is 0 Å². The second-order valence-electron chi connectivity index (χ2n) is 5.13. The molecule has 0 aliphatic rings. The largest absolute Gasteiger partial charge is 0.308 e. The molecule has 0 radical (unpaired) electrons. The number of nitrogens with one attached hydrogen (secondary N) is 1. The van der Waals surface area contributed by atoms with Gasteiger partial charge in [0.15, 0.2) is 0 Å². The fourth-order valence-electron chi connectivity index (χ4n) is 2.35. The molecule has 1 aromatic heterocycles. The highest BCUT2D eigenvalue weighted by Crippen LogP contribution is 2.31. The summed E-state index contributed by atoms with van der Waals surface area (Å²) in [6.45, 7) is 6.23. The molecule has 0 spiro atoms. The zero-order chi connectivity index (χ0) is 14.4. The third-order valence-electron chi connectivity index (χ3n) is 3.59. The summed E-state index contributed by atoms with van der Waals surface area (Å²) in [6.07, 6.45) is 4.05. The van der Waals surface area contributed by atoms with Crippen LogP contribution in [-0.4, -0.2) is 35.3 Å². The third-order valence-corrected chi connectivity index (χ3v) is 4.20. The second-order valence-corrected chi connectivity index (χ2v) is 5.98. The summed E-state index contributed by atoms with van der Waals surface area (Å²) in [4.78, 5) is 2.15. The van der Waals surface area contributed by atoms with Crippen LogP contribution < -0.4 is 11.3 Å². The van der Waals surface area contributed by atoms with Crippen molar-refractivity contribution in [2.45, 2.75) is 39.3 Å². The summed E-state index contributed by atoms with van der Waals surface area (Å²) in [7, 11) is 4.13. The number of nitrogens with zero attached hydrogens (tertiary/aromatic N) is 3. The minimum Gasteiger partial charge on any atom is -0.308 e. The van der Waals surface area contributed by atoms with Crippen LogP contribution in [0.2, 0.25) is 0 Å². The standard InChI is InChI=1S/C13H26BrN5/c1-5-10(6-2)12(17-15)13-11(14)9-16-19(13)8-7-18(3)4/h9-10,12,17H,5-8,15H2,1-4H3. The van der Waals surface area contributed by atoms with E-state index in [9.17, 15) is 0 Å². The van der Waals surface area contributed by atoms with Crippen molar-refractivity contribution in [3.05, 3.63) is 16.4 Å². The topological polar surface area (TPSA) is 59.1 Å². The summed E-state index contributed by atoms with van der Waals surface area (Å²) in [5, 5.41) is 4.46. The van der Waals surface area contributed by atoms with Gasteiger partial charge in [-0.3, -0.25) is 16.0 Å². The molecule has 1 unspecified atom stereocenters. The van der Waals surface area contributed by atoms with Gasteiger partial charge in [0.05, 0.1) is 29.0 Å². The van der Waals surface area contributed by atoms with Gasteiger partial charge in [0.1, 0.15) is 0 Å². The lowest BCUT2D eigenvalue weighted by Crippen LogP contribution is -2.35. The van der Waals surface area contributed by atoms with Crippen molar-refractivity contribution in [2.24, 2.45) is 11.8 Å². The van der Waals surface area contributed by atoms with Gasteiger partial charge >= 0.3 is 0 Å². The van der Waals surface area contributed by atoms with E-state index >= 15 is 0 Å². The molecule has 19 heavy (non-hydrogen) atoms. The van der Waals surface area contributed by atoms with Crippen LogP contribution in [0.4, 0.5) is 0 Å². The van der Waals surface area contributed by atoms with Gasteiger partial charge in [0, 0.05) is 6.54 Å². The molecule has 0 bridgehead atoms. The first-order chi connectivity index (χ1) is 9.04. The van der Waals surface area contributed by atoms with E-state index in [2.05, 4.69) is 59.3 Å². The third kappa shape index (κ3) is 4.27. The van der Waals surface area contributed by atoms with E-state index in [1.54, 1.807) is 0 Å². The Bertz CT molecular complexity index is 373. The Morgan fingerprint density at radius 1 is 1.42 bits per heavy atom. The Balaban J connectivity index is 2.98. The van der Waals surface area contributed by atoms with Gasteiger partial charge in [-0.15, -0.1) is 0 Å². The van der Waals surface area contributed by atoms with E-state index in [1.165, 1.54) is 0 Å². The number of hydrazine groups is 1. The van der Waals surface area contributed by atoms with Crippen LogP contribution in [-0.2, 0) is 6.54 Å². The summed E-state index contributed by atoms with van der Waals surface area (Å²) >= 11 is 3.60. The second kappa shape index (κ2) is 7.99. The van der Waals surface area contributed by atoms with E-state index in [1.807, 2.05) is 10.9 Å². The quantitative estimate of drug-likeness (QED) is 0.566. The predicted molar refractivity (Wildman–Crippen MR) is 82.6 cm³/mol. The Morgan fingerprint density at radius 2 is 2.05 bits per heavy atom. The van der Waals surface area contributed by atoms with E-state index in [0.717, 1.165) is 36.1 Å². The molecular formula is C13H26BrN5. The van der Waals surface area contributed by atoms with E-state index in [4.69, 9.17) is 5.84 Å². The molecular weight excluding hydrogens is 306 g/mol. The van der Waals surface area contributed by atoms with Crippen molar-refractivity contribution in [1.82, 2.24) is 20.1 Å². The van der Waals surface area contributed by atoms with Crippen molar-refractivity contribution in [3.63, 3.8) is 0 Å². The number of hydrogen-bond acceptors (Lipinski definition) is 4. The Kier molecular flexibility index (Phi) is 6.99. The lowest BCUT2D eigenvalue weighted by molar-refractivity contribution is 0.312. The molecule has 0 saturated heterocycles. The number of aromatic nitrogens is 2. The number of nitrogens with two attached hydrogens (primary N) is 1. The predicted octanol–water partition coefficient (Wildman–Crippen LogP) is 2.15. The number of halogens is 1.